The Labute approximate surface area is 112 Å². The second-order valence-electron chi connectivity index (χ2n) is 4.67. The first-order valence-electron chi connectivity index (χ1n) is 6.13. The molecule has 0 unspecified atom stereocenters. The van der Waals surface area contributed by atoms with Gasteiger partial charge in [0.2, 0.25) is 0 Å². The first-order valence-corrected chi connectivity index (χ1v) is 6.51. The standard InChI is InChI=1S/C14H17ClN2O/c1-9(16)10-6-7-12(13(15)8-10)14(18)17-11-4-2-3-5-11/h6-8,11H,1-5,16H2,(H,17,18). The third-order valence-corrected chi connectivity index (χ3v) is 3.59. The molecule has 96 valence electrons. The Morgan fingerprint density at radius 2 is 2.06 bits per heavy atom. The summed E-state index contributed by atoms with van der Waals surface area (Å²) in [5.74, 6) is -0.110. The van der Waals surface area contributed by atoms with Gasteiger partial charge in [0, 0.05) is 11.7 Å². The number of halogens is 1. The number of rotatable bonds is 3. The molecule has 1 aromatic carbocycles. The zero-order chi connectivity index (χ0) is 13.1. The van der Waals surface area contributed by atoms with Crippen LogP contribution in [0.4, 0.5) is 0 Å². The molecule has 3 nitrogen and oxygen atoms in total. The lowest BCUT2D eigenvalue weighted by Gasteiger charge is -2.13. The van der Waals surface area contributed by atoms with Crippen LogP contribution in [0.15, 0.2) is 24.8 Å². The normalized spacial score (nSPS) is 15.6. The van der Waals surface area contributed by atoms with Crippen molar-refractivity contribution >= 4 is 23.2 Å². The number of carbonyl (C=O) groups excluding carboxylic acids is 1. The van der Waals surface area contributed by atoms with Crippen LogP contribution in [0.5, 0.6) is 0 Å². The number of carbonyl (C=O) groups is 1. The summed E-state index contributed by atoms with van der Waals surface area (Å²) in [5.41, 5.74) is 7.27. The number of benzene rings is 1. The van der Waals surface area contributed by atoms with Crippen LogP contribution >= 0.6 is 11.6 Å². The van der Waals surface area contributed by atoms with Crippen molar-refractivity contribution in [3.8, 4) is 0 Å². The minimum atomic E-state index is -0.110. The number of nitrogens with two attached hydrogens (primary N) is 1. The minimum absolute atomic E-state index is 0.110. The van der Waals surface area contributed by atoms with E-state index in [1.54, 1.807) is 18.2 Å². The summed E-state index contributed by atoms with van der Waals surface area (Å²) in [6.07, 6.45) is 4.48. The molecule has 0 radical (unpaired) electrons. The molecular formula is C14H17ClN2O. The molecule has 18 heavy (non-hydrogen) atoms. The maximum atomic E-state index is 12.1. The minimum Gasteiger partial charge on any atom is -0.399 e. The highest BCUT2D eigenvalue weighted by atomic mass is 35.5. The largest absolute Gasteiger partial charge is 0.399 e. The van der Waals surface area contributed by atoms with E-state index in [0.717, 1.165) is 18.4 Å². The molecule has 0 spiro atoms. The maximum Gasteiger partial charge on any atom is 0.253 e. The summed E-state index contributed by atoms with van der Waals surface area (Å²) in [5, 5.41) is 3.42. The van der Waals surface area contributed by atoms with Gasteiger partial charge in [-0.3, -0.25) is 4.79 Å². The highest BCUT2D eigenvalue weighted by Gasteiger charge is 2.19. The molecule has 2 rings (SSSR count). The zero-order valence-electron chi connectivity index (χ0n) is 10.2. The van der Waals surface area contributed by atoms with Crippen LogP contribution in [0.25, 0.3) is 5.70 Å². The third kappa shape index (κ3) is 2.85. The van der Waals surface area contributed by atoms with E-state index in [1.807, 2.05) is 0 Å². The first-order chi connectivity index (χ1) is 8.58. The zero-order valence-corrected chi connectivity index (χ0v) is 11.0. The van der Waals surface area contributed by atoms with Gasteiger partial charge in [0.05, 0.1) is 10.6 Å². The van der Waals surface area contributed by atoms with Crippen LogP contribution in [0.1, 0.15) is 41.6 Å². The monoisotopic (exact) mass is 264 g/mol. The molecular weight excluding hydrogens is 248 g/mol. The van der Waals surface area contributed by atoms with Gasteiger partial charge in [-0.25, -0.2) is 0 Å². The van der Waals surface area contributed by atoms with Crippen molar-refractivity contribution in [2.24, 2.45) is 5.73 Å². The SMILES string of the molecule is C=C(N)c1ccc(C(=O)NC2CCCC2)c(Cl)c1. The van der Waals surface area contributed by atoms with Crippen LogP contribution in [-0.2, 0) is 0 Å². The Kier molecular flexibility index (Phi) is 3.92. The van der Waals surface area contributed by atoms with Crippen molar-refractivity contribution in [2.75, 3.05) is 0 Å². The Morgan fingerprint density at radius 3 is 2.61 bits per heavy atom. The van der Waals surface area contributed by atoms with E-state index in [4.69, 9.17) is 17.3 Å². The Bertz CT molecular complexity index is 479. The fourth-order valence-electron chi connectivity index (χ4n) is 2.23. The van der Waals surface area contributed by atoms with Gasteiger partial charge < -0.3 is 11.1 Å². The van der Waals surface area contributed by atoms with Crippen LogP contribution in [0.3, 0.4) is 0 Å². The molecule has 1 aliphatic carbocycles. The van der Waals surface area contributed by atoms with Gasteiger partial charge in [0.25, 0.3) is 5.91 Å². The quantitative estimate of drug-likeness (QED) is 0.882. The molecule has 0 aromatic heterocycles. The summed E-state index contributed by atoms with van der Waals surface area (Å²) in [6, 6.07) is 5.42. The topological polar surface area (TPSA) is 55.1 Å². The summed E-state index contributed by atoms with van der Waals surface area (Å²) in [7, 11) is 0. The van der Waals surface area contributed by atoms with E-state index in [-0.39, 0.29) is 11.9 Å². The second kappa shape index (κ2) is 5.44. The Hall–Kier alpha value is -1.48. The van der Waals surface area contributed by atoms with Gasteiger partial charge in [0.15, 0.2) is 0 Å². The van der Waals surface area contributed by atoms with Crippen molar-refractivity contribution < 1.29 is 4.79 Å². The summed E-state index contributed by atoms with van der Waals surface area (Å²) in [6.45, 7) is 3.64. The fraction of sp³-hybridized carbons (Fsp3) is 0.357. The van der Waals surface area contributed by atoms with Crippen molar-refractivity contribution in [2.45, 2.75) is 31.7 Å². The lowest BCUT2D eigenvalue weighted by molar-refractivity contribution is 0.0938. The molecule has 1 aromatic rings. The number of nitrogens with one attached hydrogen (secondary N) is 1. The van der Waals surface area contributed by atoms with Crippen molar-refractivity contribution in [3.05, 3.63) is 40.9 Å². The molecule has 0 atom stereocenters. The molecule has 1 fully saturated rings. The maximum absolute atomic E-state index is 12.1. The molecule has 0 aliphatic heterocycles. The van der Waals surface area contributed by atoms with Gasteiger partial charge in [-0.15, -0.1) is 0 Å². The van der Waals surface area contributed by atoms with Crippen LogP contribution in [-0.4, -0.2) is 11.9 Å². The van der Waals surface area contributed by atoms with Crippen molar-refractivity contribution in [1.29, 1.82) is 0 Å². The molecule has 0 bridgehead atoms. The van der Waals surface area contributed by atoms with Gasteiger partial charge in [-0.2, -0.15) is 0 Å². The first kappa shape index (κ1) is 13.0. The Balaban J connectivity index is 2.12. The van der Waals surface area contributed by atoms with Gasteiger partial charge in [-0.05, 0) is 30.5 Å². The Morgan fingerprint density at radius 1 is 1.39 bits per heavy atom. The van der Waals surface area contributed by atoms with Crippen LogP contribution < -0.4 is 11.1 Å². The smallest absolute Gasteiger partial charge is 0.253 e. The van der Waals surface area contributed by atoms with E-state index in [9.17, 15) is 4.79 Å². The molecule has 0 heterocycles. The van der Waals surface area contributed by atoms with Crippen molar-refractivity contribution in [3.63, 3.8) is 0 Å². The summed E-state index contributed by atoms with van der Waals surface area (Å²) < 4.78 is 0. The van der Waals surface area contributed by atoms with E-state index < -0.39 is 0 Å². The summed E-state index contributed by atoms with van der Waals surface area (Å²) >= 11 is 6.10. The second-order valence-corrected chi connectivity index (χ2v) is 5.08. The van der Waals surface area contributed by atoms with E-state index >= 15 is 0 Å². The molecule has 1 amide bonds. The number of hydrogen-bond donors (Lipinski definition) is 2. The van der Waals surface area contributed by atoms with Crippen LogP contribution in [0, 0.1) is 0 Å². The average molecular weight is 265 g/mol. The van der Waals surface area contributed by atoms with Crippen molar-refractivity contribution in [1.82, 2.24) is 5.32 Å². The lowest BCUT2D eigenvalue weighted by atomic mass is 10.1. The predicted octanol–water partition coefficient (Wildman–Crippen LogP) is 2.94. The lowest BCUT2D eigenvalue weighted by Crippen LogP contribution is -2.32. The third-order valence-electron chi connectivity index (χ3n) is 3.27. The number of hydrogen-bond acceptors (Lipinski definition) is 2. The predicted molar refractivity (Wildman–Crippen MR) is 74.4 cm³/mol. The molecule has 3 N–H and O–H groups in total. The highest BCUT2D eigenvalue weighted by molar-refractivity contribution is 6.34. The fourth-order valence-corrected chi connectivity index (χ4v) is 2.50. The van der Waals surface area contributed by atoms with Crippen LogP contribution in [0.2, 0.25) is 5.02 Å². The van der Waals surface area contributed by atoms with E-state index in [2.05, 4.69) is 11.9 Å². The molecule has 0 saturated heterocycles. The molecule has 4 heteroatoms. The number of amides is 1. The van der Waals surface area contributed by atoms with Gasteiger partial charge >= 0.3 is 0 Å². The van der Waals surface area contributed by atoms with Gasteiger partial charge in [0.1, 0.15) is 0 Å². The molecule has 1 saturated carbocycles. The average Bonchev–Trinajstić information content (AvgIpc) is 2.81. The highest BCUT2D eigenvalue weighted by Crippen LogP contribution is 2.22. The van der Waals surface area contributed by atoms with E-state index in [0.29, 0.717) is 16.3 Å². The molecule has 1 aliphatic rings. The van der Waals surface area contributed by atoms with Gasteiger partial charge in [-0.1, -0.05) is 37.1 Å². The summed E-state index contributed by atoms with van der Waals surface area (Å²) in [4.78, 5) is 12.1. The van der Waals surface area contributed by atoms with E-state index in [1.165, 1.54) is 12.8 Å².